The number of anilines is 2. The van der Waals surface area contributed by atoms with E-state index in [0.717, 1.165) is 32.8 Å². The maximum atomic E-state index is 12.8. The summed E-state index contributed by atoms with van der Waals surface area (Å²) in [6.45, 7) is 5.57. The van der Waals surface area contributed by atoms with Crippen molar-refractivity contribution < 1.29 is 9.59 Å². The fourth-order valence-electron chi connectivity index (χ4n) is 3.29. The molecule has 0 fully saturated rings. The van der Waals surface area contributed by atoms with Crippen LogP contribution in [0, 0.1) is 13.8 Å². The van der Waals surface area contributed by atoms with Crippen LogP contribution in [-0.2, 0) is 4.79 Å². The van der Waals surface area contributed by atoms with Gasteiger partial charge in [-0.05, 0) is 49.2 Å². The van der Waals surface area contributed by atoms with Crippen molar-refractivity contribution in [2.45, 2.75) is 25.7 Å². The first-order valence-electron chi connectivity index (χ1n) is 9.25. The number of aryl methyl sites for hydroxylation is 1. The standard InChI is InChI=1S/C23H20N2O2S2/c1-14-7-6-9-20(15(14)2)25(16(3)26)23-24-18(13-29-23)11-17-12-28-21-10-5-4-8-19(21)22(17)27/h4-11,13H,12H2,1-3H3. The van der Waals surface area contributed by atoms with Gasteiger partial charge in [0.2, 0.25) is 5.91 Å². The lowest BCUT2D eigenvalue weighted by atomic mass is 10.0. The van der Waals surface area contributed by atoms with Gasteiger partial charge in [-0.2, -0.15) is 0 Å². The van der Waals surface area contributed by atoms with Gasteiger partial charge in [0.1, 0.15) is 0 Å². The Kier molecular flexibility index (Phi) is 5.39. The SMILES string of the molecule is CC(=O)N(c1nc(C=C2CSc3ccccc3C2=O)cs1)c1cccc(C)c1C. The third-order valence-electron chi connectivity index (χ3n) is 4.96. The molecule has 29 heavy (non-hydrogen) atoms. The zero-order valence-electron chi connectivity index (χ0n) is 16.4. The summed E-state index contributed by atoms with van der Waals surface area (Å²) in [7, 11) is 0. The molecule has 0 radical (unpaired) electrons. The Bertz CT molecular complexity index is 1150. The zero-order valence-corrected chi connectivity index (χ0v) is 18.1. The molecule has 3 aromatic rings. The molecule has 146 valence electrons. The van der Waals surface area contributed by atoms with E-state index in [4.69, 9.17) is 0 Å². The number of carbonyl (C=O) groups excluding carboxylic acids is 2. The maximum Gasteiger partial charge on any atom is 0.230 e. The molecule has 2 heterocycles. The van der Waals surface area contributed by atoms with Gasteiger partial charge in [0, 0.05) is 34.1 Å². The van der Waals surface area contributed by atoms with Gasteiger partial charge in [-0.15, -0.1) is 23.1 Å². The molecule has 0 saturated carbocycles. The maximum absolute atomic E-state index is 12.8. The molecule has 6 heteroatoms. The number of hydrogen-bond donors (Lipinski definition) is 0. The average Bonchev–Trinajstić information content (AvgIpc) is 3.15. The van der Waals surface area contributed by atoms with Crippen LogP contribution in [0.3, 0.4) is 0 Å². The summed E-state index contributed by atoms with van der Waals surface area (Å²) >= 11 is 3.06. The first kappa shape index (κ1) is 19.6. The summed E-state index contributed by atoms with van der Waals surface area (Å²) < 4.78 is 0. The van der Waals surface area contributed by atoms with E-state index < -0.39 is 0 Å². The Morgan fingerprint density at radius 3 is 2.72 bits per heavy atom. The van der Waals surface area contributed by atoms with Gasteiger partial charge in [-0.25, -0.2) is 4.98 Å². The predicted octanol–water partition coefficient (Wildman–Crippen LogP) is 5.82. The summed E-state index contributed by atoms with van der Waals surface area (Å²) in [6, 6.07) is 13.6. The van der Waals surface area contributed by atoms with Gasteiger partial charge >= 0.3 is 0 Å². The highest BCUT2D eigenvalue weighted by Gasteiger charge is 2.23. The van der Waals surface area contributed by atoms with E-state index in [-0.39, 0.29) is 11.7 Å². The Morgan fingerprint density at radius 2 is 1.93 bits per heavy atom. The lowest BCUT2D eigenvalue weighted by molar-refractivity contribution is -0.115. The molecule has 1 aromatic heterocycles. The van der Waals surface area contributed by atoms with Crippen LogP contribution in [0.4, 0.5) is 10.8 Å². The number of fused-ring (bicyclic) bond motifs is 1. The monoisotopic (exact) mass is 420 g/mol. The van der Waals surface area contributed by atoms with E-state index in [0.29, 0.717) is 16.6 Å². The highest BCUT2D eigenvalue weighted by Crippen LogP contribution is 2.35. The largest absolute Gasteiger partial charge is 0.289 e. The number of amides is 1. The van der Waals surface area contributed by atoms with Gasteiger partial charge in [-0.3, -0.25) is 14.5 Å². The minimum Gasteiger partial charge on any atom is -0.289 e. The van der Waals surface area contributed by atoms with Crippen molar-refractivity contribution in [3.63, 3.8) is 0 Å². The zero-order chi connectivity index (χ0) is 20.5. The molecule has 1 amide bonds. The number of thiazole rings is 1. The third-order valence-corrected chi connectivity index (χ3v) is 6.93. The first-order valence-corrected chi connectivity index (χ1v) is 11.1. The second-order valence-corrected chi connectivity index (χ2v) is 8.77. The van der Waals surface area contributed by atoms with Crippen LogP contribution in [0.25, 0.3) is 6.08 Å². The number of nitrogens with zero attached hydrogens (tertiary/aromatic N) is 2. The van der Waals surface area contributed by atoms with Crippen LogP contribution in [-0.4, -0.2) is 22.4 Å². The number of Topliss-reactive ketones (excluding diaryl/α,β-unsaturated/α-hetero) is 1. The Morgan fingerprint density at radius 1 is 1.14 bits per heavy atom. The molecule has 1 aliphatic rings. The molecule has 4 rings (SSSR count). The predicted molar refractivity (Wildman–Crippen MR) is 120 cm³/mol. The highest BCUT2D eigenvalue weighted by molar-refractivity contribution is 7.99. The normalized spacial score (nSPS) is 14.7. The molecule has 0 N–H and O–H groups in total. The highest BCUT2D eigenvalue weighted by atomic mass is 32.2. The number of thioether (sulfide) groups is 1. The van der Waals surface area contributed by atoms with Crippen molar-refractivity contribution >= 4 is 51.7 Å². The lowest BCUT2D eigenvalue weighted by Gasteiger charge is -2.21. The molecule has 0 aliphatic carbocycles. The molecular formula is C23H20N2O2S2. The second kappa shape index (κ2) is 7.97. The smallest absolute Gasteiger partial charge is 0.230 e. The van der Waals surface area contributed by atoms with Crippen molar-refractivity contribution in [1.29, 1.82) is 0 Å². The summed E-state index contributed by atoms with van der Waals surface area (Å²) in [6.07, 6.45) is 1.84. The topological polar surface area (TPSA) is 50.3 Å². The number of carbonyl (C=O) groups is 2. The van der Waals surface area contributed by atoms with Gasteiger partial charge in [0.05, 0.1) is 11.4 Å². The number of aromatic nitrogens is 1. The molecular weight excluding hydrogens is 400 g/mol. The van der Waals surface area contributed by atoms with Crippen LogP contribution >= 0.6 is 23.1 Å². The molecule has 2 aromatic carbocycles. The minimum absolute atomic E-state index is 0.0480. The van der Waals surface area contributed by atoms with Gasteiger partial charge in [0.15, 0.2) is 10.9 Å². The van der Waals surface area contributed by atoms with Crippen LogP contribution < -0.4 is 4.90 Å². The number of benzene rings is 2. The Balaban J connectivity index is 1.67. The fourth-order valence-corrected chi connectivity index (χ4v) is 5.14. The van der Waals surface area contributed by atoms with Crippen molar-refractivity contribution in [3.8, 4) is 0 Å². The van der Waals surface area contributed by atoms with Crippen molar-refractivity contribution in [3.05, 3.63) is 75.8 Å². The van der Waals surface area contributed by atoms with E-state index in [2.05, 4.69) is 4.98 Å². The summed E-state index contributed by atoms with van der Waals surface area (Å²) in [5.41, 5.74) is 5.18. The van der Waals surface area contributed by atoms with Crippen LogP contribution in [0.15, 0.2) is 58.3 Å². The average molecular weight is 421 g/mol. The minimum atomic E-state index is -0.0921. The van der Waals surface area contributed by atoms with Crippen LogP contribution in [0.5, 0.6) is 0 Å². The van der Waals surface area contributed by atoms with Crippen molar-refractivity contribution in [2.24, 2.45) is 0 Å². The molecule has 0 saturated heterocycles. The number of rotatable bonds is 3. The molecule has 4 nitrogen and oxygen atoms in total. The van der Waals surface area contributed by atoms with E-state index in [1.807, 2.05) is 67.8 Å². The Labute approximate surface area is 178 Å². The fraction of sp³-hybridized carbons (Fsp3) is 0.174. The van der Waals surface area contributed by atoms with Gasteiger partial charge in [0.25, 0.3) is 0 Å². The Hall–Kier alpha value is -2.70. The van der Waals surface area contributed by atoms with E-state index in [1.165, 1.54) is 11.3 Å². The third kappa shape index (κ3) is 3.78. The van der Waals surface area contributed by atoms with Gasteiger partial charge < -0.3 is 0 Å². The molecule has 1 aliphatic heterocycles. The van der Waals surface area contributed by atoms with E-state index in [9.17, 15) is 9.59 Å². The molecule has 0 spiro atoms. The van der Waals surface area contributed by atoms with Crippen molar-refractivity contribution in [2.75, 3.05) is 10.7 Å². The van der Waals surface area contributed by atoms with Crippen LogP contribution in [0.2, 0.25) is 0 Å². The summed E-state index contributed by atoms with van der Waals surface area (Å²) in [5.74, 6) is 0.577. The quantitative estimate of drug-likeness (QED) is 0.501. The van der Waals surface area contributed by atoms with Crippen molar-refractivity contribution in [1.82, 2.24) is 4.98 Å². The number of ketones is 1. The van der Waals surface area contributed by atoms with E-state index >= 15 is 0 Å². The lowest BCUT2D eigenvalue weighted by Crippen LogP contribution is -2.23. The first-order chi connectivity index (χ1) is 14.0. The molecule has 0 atom stereocenters. The summed E-state index contributed by atoms with van der Waals surface area (Å²) in [5, 5.41) is 2.50. The van der Waals surface area contributed by atoms with Crippen LogP contribution in [0.1, 0.15) is 34.1 Å². The second-order valence-electron chi connectivity index (χ2n) is 6.91. The van der Waals surface area contributed by atoms with E-state index in [1.54, 1.807) is 23.6 Å². The summed E-state index contributed by atoms with van der Waals surface area (Å²) in [4.78, 5) is 32.5. The number of hydrogen-bond acceptors (Lipinski definition) is 5. The van der Waals surface area contributed by atoms with Gasteiger partial charge in [-0.1, -0.05) is 24.3 Å². The molecule has 0 bridgehead atoms. The molecule has 0 unspecified atom stereocenters.